The zero-order valence-electron chi connectivity index (χ0n) is 11.6. The maximum atomic E-state index is 12.0. The Bertz CT molecular complexity index is 879. The van der Waals surface area contributed by atoms with Gasteiger partial charge in [0.1, 0.15) is 5.75 Å². The zero-order chi connectivity index (χ0) is 14.9. The summed E-state index contributed by atoms with van der Waals surface area (Å²) in [7, 11) is 0. The molecule has 0 amide bonds. The van der Waals surface area contributed by atoms with Gasteiger partial charge in [0.05, 0.1) is 17.5 Å². The standard InChI is InChI=1S/C18H12N2O2/c21-18-16(15-8-4-5-9-17(15)22-18)10-13-11-19-20(12-13)14-6-2-1-3-7-14/h1-12H/b16-10+. The minimum atomic E-state index is -0.325. The highest BCUT2D eigenvalue weighted by Gasteiger charge is 2.26. The molecule has 1 aromatic heterocycles. The number of hydrogen-bond donors (Lipinski definition) is 0. The molecule has 2 heterocycles. The molecule has 0 atom stereocenters. The molecule has 1 aliphatic heterocycles. The van der Waals surface area contributed by atoms with Gasteiger partial charge in [-0.05, 0) is 24.3 Å². The lowest BCUT2D eigenvalue weighted by atomic mass is 10.1. The Kier molecular flexibility index (Phi) is 2.86. The molecule has 0 fully saturated rings. The summed E-state index contributed by atoms with van der Waals surface area (Å²) in [6.07, 6.45) is 5.42. The van der Waals surface area contributed by atoms with Gasteiger partial charge in [-0.3, -0.25) is 0 Å². The number of fused-ring (bicyclic) bond motifs is 1. The molecular weight excluding hydrogens is 276 g/mol. The Morgan fingerprint density at radius 3 is 2.64 bits per heavy atom. The molecule has 4 rings (SSSR count). The summed E-state index contributed by atoms with van der Waals surface area (Å²) in [5.41, 5.74) is 3.21. The van der Waals surface area contributed by atoms with Crippen LogP contribution in [0.5, 0.6) is 5.75 Å². The maximum Gasteiger partial charge on any atom is 0.344 e. The number of nitrogens with zero attached hydrogens (tertiary/aromatic N) is 2. The van der Waals surface area contributed by atoms with Crippen LogP contribution < -0.4 is 4.74 Å². The Morgan fingerprint density at radius 2 is 1.77 bits per heavy atom. The van der Waals surface area contributed by atoms with Crippen LogP contribution in [0.15, 0.2) is 67.0 Å². The van der Waals surface area contributed by atoms with E-state index in [0.29, 0.717) is 11.3 Å². The molecule has 0 saturated heterocycles. The van der Waals surface area contributed by atoms with Crippen molar-refractivity contribution in [2.45, 2.75) is 0 Å². The summed E-state index contributed by atoms with van der Waals surface area (Å²) < 4.78 is 7.03. The van der Waals surface area contributed by atoms with Gasteiger partial charge in [0.15, 0.2) is 0 Å². The fourth-order valence-corrected chi connectivity index (χ4v) is 2.48. The molecule has 0 bridgehead atoms. The van der Waals surface area contributed by atoms with Gasteiger partial charge in [-0.25, -0.2) is 9.48 Å². The van der Waals surface area contributed by atoms with Gasteiger partial charge < -0.3 is 4.74 Å². The number of benzene rings is 2. The van der Waals surface area contributed by atoms with Crippen molar-refractivity contribution in [1.82, 2.24) is 9.78 Å². The van der Waals surface area contributed by atoms with E-state index < -0.39 is 0 Å². The predicted octanol–water partition coefficient (Wildman–Crippen LogP) is 3.33. The van der Waals surface area contributed by atoms with Gasteiger partial charge in [0, 0.05) is 17.3 Å². The number of para-hydroxylation sites is 2. The van der Waals surface area contributed by atoms with E-state index in [1.807, 2.05) is 54.7 Å². The summed E-state index contributed by atoms with van der Waals surface area (Å²) in [5, 5.41) is 4.33. The van der Waals surface area contributed by atoms with Crippen molar-refractivity contribution < 1.29 is 9.53 Å². The minimum Gasteiger partial charge on any atom is -0.422 e. The first-order valence-electron chi connectivity index (χ1n) is 6.95. The van der Waals surface area contributed by atoms with Crippen molar-refractivity contribution in [3.8, 4) is 11.4 Å². The van der Waals surface area contributed by atoms with Crippen LogP contribution in [0.4, 0.5) is 0 Å². The molecule has 0 unspecified atom stereocenters. The molecule has 4 nitrogen and oxygen atoms in total. The van der Waals surface area contributed by atoms with Gasteiger partial charge >= 0.3 is 5.97 Å². The van der Waals surface area contributed by atoms with Gasteiger partial charge in [-0.15, -0.1) is 0 Å². The summed E-state index contributed by atoms with van der Waals surface area (Å²) in [5.74, 6) is 0.280. The monoisotopic (exact) mass is 288 g/mol. The van der Waals surface area contributed by atoms with Crippen molar-refractivity contribution in [2.24, 2.45) is 0 Å². The van der Waals surface area contributed by atoms with Gasteiger partial charge in [0.25, 0.3) is 0 Å². The highest BCUT2D eigenvalue weighted by atomic mass is 16.5. The van der Waals surface area contributed by atoms with Crippen LogP contribution >= 0.6 is 0 Å². The highest BCUT2D eigenvalue weighted by molar-refractivity contribution is 6.25. The first-order chi connectivity index (χ1) is 10.8. The van der Waals surface area contributed by atoms with E-state index in [-0.39, 0.29) is 5.97 Å². The molecule has 3 aromatic rings. The van der Waals surface area contributed by atoms with E-state index in [2.05, 4.69) is 5.10 Å². The van der Waals surface area contributed by atoms with Crippen LogP contribution in [-0.2, 0) is 4.79 Å². The van der Waals surface area contributed by atoms with Crippen molar-refractivity contribution in [3.63, 3.8) is 0 Å². The third-order valence-corrected chi connectivity index (χ3v) is 3.53. The Hall–Kier alpha value is -3.14. The van der Waals surface area contributed by atoms with Crippen LogP contribution in [0.1, 0.15) is 11.1 Å². The lowest BCUT2D eigenvalue weighted by molar-refractivity contribution is -0.126. The minimum absolute atomic E-state index is 0.325. The fourth-order valence-electron chi connectivity index (χ4n) is 2.48. The smallest absolute Gasteiger partial charge is 0.344 e. The highest BCUT2D eigenvalue weighted by Crippen LogP contribution is 2.34. The zero-order valence-corrected chi connectivity index (χ0v) is 11.6. The molecule has 4 heteroatoms. The lowest BCUT2D eigenvalue weighted by Crippen LogP contribution is -2.00. The molecular formula is C18H12N2O2. The number of hydrogen-bond acceptors (Lipinski definition) is 3. The van der Waals surface area contributed by atoms with E-state index in [4.69, 9.17) is 4.74 Å². The maximum absolute atomic E-state index is 12.0. The summed E-state index contributed by atoms with van der Waals surface area (Å²) in [6, 6.07) is 17.2. The Labute approximate surface area is 127 Å². The second kappa shape index (κ2) is 5.00. The van der Waals surface area contributed by atoms with Gasteiger partial charge in [0.2, 0.25) is 0 Å². The van der Waals surface area contributed by atoms with Crippen molar-refractivity contribution in [3.05, 3.63) is 78.1 Å². The number of aromatic nitrogens is 2. The number of carbonyl (C=O) groups excluding carboxylic acids is 1. The quantitative estimate of drug-likeness (QED) is 0.413. The molecule has 0 radical (unpaired) electrons. The van der Waals surface area contributed by atoms with E-state index >= 15 is 0 Å². The molecule has 2 aromatic carbocycles. The number of esters is 1. The summed E-state index contributed by atoms with van der Waals surface area (Å²) in [4.78, 5) is 12.0. The average molecular weight is 288 g/mol. The number of rotatable bonds is 2. The first-order valence-corrected chi connectivity index (χ1v) is 6.95. The number of carbonyl (C=O) groups is 1. The molecule has 22 heavy (non-hydrogen) atoms. The molecule has 0 N–H and O–H groups in total. The van der Waals surface area contributed by atoms with Crippen LogP contribution in [0.3, 0.4) is 0 Å². The second-order valence-corrected chi connectivity index (χ2v) is 5.00. The third-order valence-electron chi connectivity index (χ3n) is 3.53. The Morgan fingerprint density at radius 1 is 1.00 bits per heavy atom. The molecule has 0 spiro atoms. The predicted molar refractivity (Wildman–Crippen MR) is 83.5 cm³/mol. The van der Waals surface area contributed by atoms with Crippen molar-refractivity contribution in [2.75, 3.05) is 0 Å². The molecule has 1 aliphatic rings. The lowest BCUT2D eigenvalue weighted by Gasteiger charge is -1.98. The van der Waals surface area contributed by atoms with Gasteiger partial charge in [-0.2, -0.15) is 5.10 Å². The number of ether oxygens (including phenoxy) is 1. The average Bonchev–Trinajstić information content (AvgIpc) is 3.14. The topological polar surface area (TPSA) is 44.1 Å². The van der Waals surface area contributed by atoms with Crippen molar-refractivity contribution >= 4 is 17.6 Å². The summed E-state index contributed by atoms with van der Waals surface area (Å²) >= 11 is 0. The molecule has 106 valence electrons. The van der Waals surface area contributed by atoms with Crippen LogP contribution in [0.2, 0.25) is 0 Å². The Balaban J connectivity index is 1.72. The first kappa shape index (κ1) is 12.6. The van der Waals surface area contributed by atoms with Gasteiger partial charge in [-0.1, -0.05) is 36.4 Å². The third kappa shape index (κ3) is 2.11. The van der Waals surface area contributed by atoms with Crippen molar-refractivity contribution in [1.29, 1.82) is 0 Å². The van der Waals surface area contributed by atoms with E-state index in [1.54, 1.807) is 23.0 Å². The fraction of sp³-hybridized carbons (Fsp3) is 0. The molecule has 0 saturated carbocycles. The van der Waals surface area contributed by atoms with Crippen LogP contribution in [0, 0.1) is 0 Å². The van der Waals surface area contributed by atoms with E-state index in [0.717, 1.165) is 16.8 Å². The van der Waals surface area contributed by atoms with E-state index in [9.17, 15) is 4.79 Å². The largest absolute Gasteiger partial charge is 0.422 e. The SMILES string of the molecule is O=C1Oc2ccccc2/C1=C\c1cnn(-c2ccccc2)c1. The van der Waals surface area contributed by atoms with Crippen LogP contribution in [-0.4, -0.2) is 15.7 Å². The van der Waals surface area contributed by atoms with Crippen LogP contribution in [0.25, 0.3) is 17.3 Å². The van der Waals surface area contributed by atoms with E-state index in [1.165, 1.54) is 0 Å². The second-order valence-electron chi connectivity index (χ2n) is 5.00. The normalized spacial score (nSPS) is 14.9. The molecule has 0 aliphatic carbocycles. The summed E-state index contributed by atoms with van der Waals surface area (Å²) in [6.45, 7) is 0.